The number of alkyl halides is 1. The van der Waals surface area contributed by atoms with E-state index in [1.807, 2.05) is 18.2 Å². The summed E-state index contributed by atoms with van der Waals surface area (Å²) >= 11 is 3.37. The third kappa shape index (κ3) is 24.0. The van der Waals surface area contributed by atoms with E-state index in [0.29, 0.717) is 19.6 Å². The highest BCUT2D eigenvalue weighted by atomic mass is 79.9. The molecule has 1 aromatic carbocycles. The maximum absolute atomic E-state index is 12.0. The number of hydrogen-bond donors (Lipinski definition) is 0. The second-order valence-electron chi connectivity index (χ2n) is 11.7. The molecule has 4 nitrogen and oxygen atoms in total. The average Bonchev–Trinajstić information content (AvgIpc) is 2.98. The summed E-state index contributed by atoms with van der Waals surface area (Å²) in [6.07, 6.45) is 28.9. The van der Waals surface area contributed by atoms with E-state index in [-0.39, 0.29) is 12.6 Å². The van der Waals surface area contributed by atoms with Gasteiger partial charge in [-0.15, -0.1) is 0 Å². The van der Waals surface area contributed by atoms with Crippen LogP contribution in [-0.4, -0.2) is 24.5 Å². The standard InChI is InChI=1S/C36H63BrO4/c1-3-5-7-9-11-13-14-15-17-19-21-23-28-40-35-30-33(32-41-36(38)25-24-26-37)29-34(31-35)39-27-22-20-18-16-12-10-8-6-4-2/h29-31H,3-28,32H2,1-2H3. The maximum Gasteiger partial charge on any atom is 0.306 e. The second-order valence-corrected chi connectivity index (χ2v) is 12.5. The Bertz CT molecular complexity index is 724. The van der Waals surface area contributed by atoms with Crippen LogP contribution in [0.15, 0.2) is 18.2 Å². The van der Waals surface area contributed by atoms with Gasteiger partial charge in [-0.3, -0.25) is 4.79 Å². The van der Waals surface area contributed by atoms with Crippen LogP contribution in [0.3, 0.4) is 0 Å². The molecule has 0 N–H and O–H groups in total. The lowest BCUT2D eigenvalue weighted by atomic mass is 10.1. The van der Waals surface area contributed by atoms with E-state index in [1.54, 1.807) is 0 Å². The molecule has 0 saturated heterocycles. The summed E-state index contributed by atoms with van der Waals surface area (Å²) in [7, 11) is 0. The van der Waals surface area contributed by atoms with Gasteiger partial charge in [-0.25, -0.2) is 0 Å². The number of carbonyl (C=O) groups is 1. The van der Waals surface area contributed by atoms with Crippen molar-refractivity contribution in [3.05, 3.63) is 23.8 Å². The van der Waals surface area contributed by atoms with Crippen molar-refractivity contribution in [2.75, 3.05) is 18.5 Å². The second kappa shape index (κ2) is 28.9. The van der Waals surface area contributed by atoms with Gasteiger partial charge in [0.15, 0.2) is 0 Å². The third-order valence-electron chi connectivity index (χ3n) is 7.64. The zero-order chi connectivity index (χ0) is 29.6. The fourth-order valence-electron chi connectivity index (χ4n) is 5.06. The topological polar surface area (TPSA) is 44.8 Å². The van der Waals surface area contributed by atoms with E-state index >= 15 is 0 Å². The van der Waals surface area contributed by atoms with Crippen molar-refractivity contribution < 1.29 is 19.0 Å². The predicted octanol–water partition coefficient (Wildman–Crippen LogP) is 11.9. The van der Waals surface area contributed by atoms with Crippen LogP contribution in [0.1, 0.15) is 167 Å². The molecule has 0 aliphatic heterocycles. The molecular weight excluding hydrogens is 576 g/mol. The Hall–Kier alpha value is -1.23. The molecule has 1 rings (SSSR count). The molecule has 0 atom stereocenters. The Morgan fingerprint density at radius 1 is 0.561 bits per heavy atom. The molecule has 5 heteroatoms. The van der Waals surface area contributed by atoms with Gasteiger partial charge in [0.25, 0.3) is 0 Å². The molecular formula is C36H63BrO4. The Kier molecular flexibility index (Phi) is 26.6. The SMILES string of the molecule is CCCCCCCCCCCCCCOc1cc(COC(=O)CCCBr)cc(OCCCCCCCCCCC)c1. The van der Waals surface area contributed by atoms with Crippen LogP contribution in [0.4, 0.5) is 0 Å². The number of hydrogen-bond acceptors (Lipinski definition) is 4. The minimum atomic E-state index is -0.163. The van der Waals surface area contributed by atoms with Crippen LogP contribution >= 0.6 is 15.9 Å². The fraction of sp³-hybridized carbons (Fsp3) is 0.806. The molecule has 0 saturated carbocycles. The molecule has 1 aromatic rings. The van der Waals surface area contributed by atoms with E-state index in [1.165, 1.54) is 122 Å². The van der Waals surface area contributed by atoms with Crippen LogP contribution in [-0.2, 0) is 16.1 Å². The van der Waals surface area contributed by atoms with Crippen molar-refractivity contribution in [3.8, 4) is 11.5 Å². The molecule has 0 bridgehead atoms. The number of ether oxygens (including phenoxy) is 3. The fourth-order valence-corrected chi connectivity index (χ4v) is 5.34. The molecule has 0 spiro atoms. The van der Waals surface area contributed by atoms with E-state index in [4.69, 9.17) is 14.2 Å². The summed E-state index contributed by atoms with van der Waals surface area (Å²) in [5, 5.41) is 0.807. The van der Waals surface area contributed by atoms with Crippen LogP contribution < -0.4 is 9.47 Å². The van der Waals surface area contributed by atoms with Crippen molar-refractivity contribution in [1.29, 1.82) is 0 Å². The van der Waals surface area contributed by atoms with Crippen molar-refractivity contribution in [3.63, 3.8) is 0 Å². The largest absolute Gasteiger partial charge is 0.493 e. The number of carbonyl (C=O) groups excluding carboxylic acids is 1. The summed E-state index contributed by atoms with van der Waals surface area (Å²) in [6, 6.07) is 5.97. The van der Waals surface area contributed by atoms with E-state index in [2.05, 4.69) is 29.8 Å². The number of halogens is 1. The monoisotopic (exact) mass is 638 g/mol. The summed E-state index contributed by atoms with van der Waals surface area (Å²) in [4.78, 5) is 12.0. The normalized spacial score (nSPS) is 11.1. The van der Waals surface area contributed by atoms with Gasteiger partial charge in [0.2, 0.25) is 0 Å². The van der Waals surface area contributed by atoms with Crippen LogP contribution in [0.25, 0.3) is 0 Å². The summed E-state index contributed by atoms with van der Waals surface area (Å²) < 4.78 is 17.7. The van der Waals surface area contributed by atoms with Crippen LogP contribution in [0, 0.1) is 0 Å². The zero-order valence-corrected chi connectivity index (χ0v) is 28.4. The summed E-state index contributed by atoms with van der Waals surface area (Å²) in [5.74, 6) is 1.46. The van der Waals surface area contributed by atoms with Gasteiger partial charge in [0.05, 0.1) is 13.2 Å². The summed E-state index contributed by atoms with van der Waals surface area (Å²) in [6.45, 7) is 6.22. The minimum Gasteiger partial charge on any atom is -0.493 e. The maximum atomic E-state index is 12.0. The molecule has 0 radical (unpaired) electrons. The van der Waals surface area contributed by atoms with Crippen molar-refractivity contribution in [1.82, 2.24) is 0 Å². The first-order chi connectivity index (χ1) is 20.2. The molecule has 41 heavy (non-hydrogen) atoms. The van der Waals surface area contributed by atoms with E-state index < -0.39 is 0 Å². The van der Waals surface area contributed by atoms with Gasteiger partial charge >= 0.3 is 5.97 Å². The first-order valence-electron chi connectivity index (χ1n) is 17.3. The molecule has 0 aliphatic rings. The van der Waals surface area contributed by atoms with Gasteiger partial charge in [0.1, 0.15) is 18.1 Å². The van der Waals surface area contributed by atoms with Gasteiger partial charge in [-0.1, -0.05) is 152 Å². The molecule has 0 unspecified atom stereocenters. The molecule has 0 aromatic heterocycles. The lowest BCUT2D eigenvalue weighted by Crippen LogP contribution is -2.06. The number of rotatable bonds is 30. The lowest BCUT2D eigenvalue weighted by molar-refractivity contribution is -0.144. The molecule has 0 heterocycles. The molecule has 0 aliphatic carbocycles. The highest BCUT2D eigenvalue weighted by Gasteiger charge is 2.08. The predicted molar refractivity (Wildman–Crippen MR) is 179 cm³/mol. The highest BCUT2D eigenvalue weighted by molar-refractivity contribution is 9.09. The van der Waals surface area contributed by atoms with Crippen molar-refractivity contribution in [2.45, 2.75) is 168 Å². The first-order valence-corrected chi connectivity index (χ1v) is 18.4. The minimum absolute atomic E-state index is 0.163. The van der Waals surface area contributed by atoms with Gasteiger partial charge in [-0.2, -0.15) is 0 Å². The van der Waals surface area contributed by atoms with Crippen molar-refractivity contribution >= 4 is 21.9 Å². The molecule has 0 fully saturated rings. The Morgan fingerprint density at radius 2 is 0.951 bits per heavy atom. The Labute approximate surface area is 262 Å². The first kappa shape index (κ1) is 37.8. The van der Waals surface area contributed by atoms with Gasteiger partial charge < -0.3 is 14.2 Å². The lowest BCUT2D eigenvalue weighted by Gasteiger charge is -2.13. The highest BCUT2D eigenvalue weighted by Crippen LogP contribution is 2.25. The molecule has 0 amide bonds. The number of benzene rings is 1. The zero-order valence-electron chi connectivity index (χ0n) is 26.8. The Balaban J connectivity index is 2.34. The quantitative estimate of drug-likeness (QED) is 0.0477. The van der Waals surface area contributed by atoms with Gasteiger partial charge in [-0.05, 0) is 37.0 Å². The Morgan fingerprint density at radius 3 is 1.34 bits per heavy atom. The number of esters is 1. The molecule has 238 valence electrons. The van der Waals surface area contributed by atoms with E-state index in [9.17, 15) is 4.79 Å². The smallest absolute Gasteiger partial charge is 0.306 e. The van der Waals surface area contributed by atoms with Crippen molar-refractivity contribution in [2.24, 2.45) is 0 Å². The van der Waals surface area contributed by atoms with Crippen LogP contribution in [0.2, 0.25) is 0 Å². The van der Waals surface area contributed by atoms with Gasteiger partial charge in [0, 0.05) is 17.8 Å². The van der Waals surface area contributed by atoms with Crippen LogP contribution in [0.5, 0.6) is 11.5 Å². The number of unbranched alkanes of at least 4 members (excludes halogenated alkanes) is 19. The van der Waals surface area contributed by atoms with E-state index in [0.717, 1.165) is 41.7 Å². The summed E-state index contributed by atoms with van der Waals surface area (Å²) in [5.41, 5.74) is 0.923. The third-order valence-corrected chi connectivity index (χ3v) is 8.20. The average molecular weight is 640 g/mol.